The van der Waals surface area contributed by atoms with Crippen molar-refractivity contribution >= 4 is 35.0 Å². The number of benzene rings is 1. The van der Waals surface area contributed by atoms with E-state index in [4.69, 9.17) is 11.6 Å². The van der Waals surface area contributed by atoms with Gasteiger partial charge in [0.05, 0.1) is 5.56 Å². The van der Waals surface area contributed by atoms with Crippen LogP contribution in [0.4, 0.5) is 5.69 Å². The predicted octanol–water partition coefficient (Wildman–Crippen LogP) is 3.10. The number of nitrogens with one attached hydrogen (secondary N) is 1. The molecule has 1 heterocycles. The molecule has 0 atom stereocenters. The molecule has 0 unspecified atom stereocenters. The second-order valence-corrected chi connectivity index (χ2v) is 4.63. The maximum atomic E-state index is 11.9. The van der Waals surface area contributed by atoms with Gasteiger partial charge in [-0.1, -0.05) is 29.4 Å². The summed E-state index contributed by atoms with van der Waals surface area (Å²) in [5.41, 5.74) is 1.05. The number of halogens is 1. The van der Waals surface area contributed by atoms with Crippen molar-refractivity contribution in [3.63, 3.8) is 0 Å². The molecule has 1 aromatic carbocycles. The number of hydrogen-bond acceptors (Lipinski definition) is 4. The lowest BCUT2D eigenvalue weighted by Gasteiger charge is -2.05. The summed E-state index contributed by atoms with van der Waals surface area (Å²) < 4.78 is 0. The van der Waals surface area contributed by atoms with Gasteiger partial charge in [0.25, 0.3) is 5.91 Å². The first kappa shape index (κ1) is 12.9. The Kier molecular flexibility index (Phi) is 4.17. The number of anilines is 1. The molecular weight excluding hydrogens is 270 g/mol. The van der Waals surface area contributed by atoms with Gasteiger partial charge in [0.2, 0.25) is 0 Å². The highest BCUT2D eigenvalue weighted by atomic mass is 35.5. The van der Waals surface area contributed by atoms with Gasteiger partial charge in [0, 0.05) is 23.1 Å². The molecule has 1 aromatic heterocycles. The molecule has 92 valence electrons. The second kappa shape index (κ2) is 5.84. The zero-order valence-corrected chi connectivity index (χ0v) is 11.1. The Balaban J connectivity index is 2.11. The molecule has 0 saturated carbocycles. The standard InChI is InChI=1S/C12H10ClN3OS/c1-18-12-14-6-8(7-15-12)11(17)16-10-4-2-3-9(13)5-10/h2-7H,1H3,(H,16,17). The first-order valence-electron chi connectivity index (χ1n) is 5.12. The van der Waals surface area contributed by atoms with Crippen molar-refractivity contribution in [2.24, 2.45) is 0 Å². The van der Waals surface area contributed by atoms with Crippen LogP contribution in [0.15, 0.2) is 41.8 Å². The molecule has 1 amide bonds. The predicted molar refractivity (Wildman–Crippen MR) is 73.2 cm³/mol. The first-order valence-corrected chi connectivity index (χ1v) is 6.72. The molecule has 2 aromatic rings. The van der Waals surface area contributed by atoms with Crippen LogP contribution in [0.3, 0.4) is 0 Å². The van der Waals surface area contributed by atoms with Crippen molar-refractivity contribution < 1.29 is 4.79 Å². The number of nitrogens with zero attached hydrogens (tertiary/aromatic N) is 2. The molecule has 0 aliphatic heterocycles. The Labute approximate surface area is 114 Å². The Morgan fingerprint density at radius 3 is 2.67 bits per heavy atom. The molecule has 0 spiro atoms. The summed E-state index contributed by atoms with van der Waals surface area (Å²) in [5.74, 6) is -0.259. The summed E-state index contributed by atoms with van der Waals surface area (Å²) in [6.45, 7) is 0. The molecular formula is C12H10ClN3OS. The summed E-state index contributed by atoms with van der Waals surface area (Å²) in [4.78, 5) is 20.0. The van der Waals surface area contributed by atoms with Crippen LogP contribution in [0.2, 0.25) is 5.02 Å². The van der Waals surface area contributed by atoms with Crippen LogP contribution in [-0.2, 0) is 0 Å². The Morgan fingerprint density at radius 1 is 1.33 bits per heavy atom. The molecule has 0 fully saturated rings. The highest BCUT2D eigenvalue weighted by molar-refractivity contribution is 7.98. The first-order chi connectivity index (χ1) is 8.69. The van der Waals surface area contributed by atoms with E-state index in [1.165, 1.54) is 24.2 Å². The smallest absolute Gasteiger partial charge is 0.258 e. The number of rotatable bonds is 3. The van der Waals surface area contributed by atoms with E-state index in [1.807, 2.05) is 6.26 Å². The van der Waals surface area contributed by atoms with Gasteiger partial charge < -0.3 is 5.32 Å². The third kappa shape index (κ3) is 3.21. The third-order valence-electron chi connectivity index (χ3n) is 2.16. The fourth-order valence-corrected chi connectivity index (χ4v) is 1.81. The summed E-state index contributed by atoms with van der Waals surface area (Å²) in [6.07, 6.45) is 4.87. The summed E-state index contributed by atoms with van der Waals surface area (Å²) in [6, 6.07) is 6.95. The molecule has 0 saturated heterocycles. The quantitative estimate of drug-likeness (QED) is 0.693. The fourth-order valence-electron chi connectivity index (χ4n) is 1.31. The minimum absolute atomic E-state index is 0.259. The van der Waals surface area contributed by atoms with Gasteiger partial charge in [0.15, 0.2) is 5.16 Å². The topological polar surface area (TPSA) is 54.9 Å². The maximum Gasteiger partial charge on any atom is 0.258 e. The normalized spacial score (nSPS) is 10.1. The van der Waals surface area contributed by atoms with Crippen molar-refractivity contribution in [3.05, 3.63) is 47.2 Å². The van der Waals surface area contributed by atoms with Gasteiger partial charge in [-0.3, -0.25) is 4.79 Å². The van der Waals surface area contributed by atoms with E-state index in [-0.39, 0.29) is 5.91 Å². The van der Waals surface area contributed by atoms with Crippen LogP contribution in [-0.4, -0.2) is 22.1 Å². The number of thioether (sulfide) groups is 1. The molecule has 2 rings (SSSR count). The molecule has 1 N–H and O–H groups in total. The Morgan fingerprint density at radius 2 is 2.06 bits per heavy atom. The van der Waals surface area contributed by atoms with E-state index in [0.29, 0.717) is 21.4 Å². The zero-order valence-electron chi connectivity index (χ0n) is 9.55. The van der Waals surface area contributed by atoms with Crippen LogP contribution >= 0.6 is 23.4 Å². The molecule has 18 heavy (non-hydrogen) atoms. The average molecular weight is 280 g/mol. The zero-order chi connectivity index (χ0) is 13.0. The van der Waals surface area contributed by atoms with Crippen LogP contribution in [0.25, 0.3) is 0 Å². The second-order valence-electron chi connectivity index (χ2n) is 3.42. The fraction of sp³-hybridized carbons (Fsp3) is 0.0833. The van der Waals surface area contributed by atoms with Gasteiger partial charge in [-0.25, -0.2) is 9.97 Å². The number of aromatic nitrogens is 2. The van der Waals surface area contributed by atoms with E-state index in [2.05, 4.69) is 15.3 Å². The van der Waals surface area contributed by atoms with Crippen LogP contribution in [0.5, 0.6) is 0 Å². The number of hydrogen-bond donors (Lipinski definition) is 1. The number of carbonyl (C=O) groups is 1. The van der Waals surface area contributed by atoms with Crippen molar-refractivity contribution in [3.8, 4) is 0 Å². The SMILES string of the molecule is CSc1ncc(C(=O)Nc2cccc(Cl)c2)cn1. The average Bonchev–Trinajstić information content (AvgIpc) is 2.39. The van der Waals surface area contributed by atoms with E-state index >= 15 is 0 Å². The highest BCUT2D eigenvalue weighted by Crippen LogP contribution is 2.16. The van der Waals surface area contributed by atoms with Gasteiger partial charge in [0.1, 0.15) is 0 Å². The van der Waals surface area contributed by atoms with Gasteiger partial charge in [-0.05, 0) is 24.5 Å². The Bertz CT molecular complexity index is 560. The minimum Gasteiger partial charge on any atom is -0.322 e. The number of amides is 1. The number of carbonyl (C=O) groups excluding carboxylic acids is 1. The lowest BCUT2D eigenvalue weighted by molar-refractivity contribution is 0.102. The van der Waals surface area contributed by atoms with Crippen LogP contribution < -0.4 is 5.32 Å². The summed E-state index contributed by atoms with van der Waals surface area (Å²) in [7, 11) is 0. The van der Waals surface area contributed by atoms with Crippen LogP contribution in [0.1, 0.15) is 10.4 Å². The van der Waals surface area contributed by atoms with E-state index < -0.39 is 0 Å². The molecule has 4 nitrogen and oxygen atoms in total. The minimum atomic E-state index is -0.259. The van der Waals surface area contributed by atoms with Gasteiger partial charge >= 0.3 is 0 Å². The van der Waals surface area contributed by atoms with Crippen molar-refractivity contribution in [1.29, 1.82) is 0 Å². The van der Waals surface area contributed by atoms with Crippen molar-refractivity contribution in [1.82, 2.24) is 9.97 Å². The summed E-state index contributed by atoms with van der Waals surface area (Å²) >= 11 is 7.26. The largest absolute Gasteiger partial charge is 0.322 e. The molecule has 0 aliphatic rings. The van der Waals surface area contributed by atoms with E-state index in [0.717, 1.165) is 0 Å². The lowest BCUT2D eigenvalue weighted by atomic mass is 10.3. The molecule has 0 bridgehead atoms. The maximum absolute atomic E-state index is 11.9. The van der Waals surface area contributed by atoms with Crippen molar-refractivity contribution in [2.75, 3.05) is 11.6 Å². The molecule has 0 radical (unpaired) electrons. The van der Waals surface area contributed by atoms with E-state index in [9.17, 15) is 4.79 Å². The van der Waals surface area contributed by atoms with Crippen LogP contribution in [0, 0.1) is 0 Å². The van der Waals surface area contributed by atoms with Crippen molar-refractivity contribution in [2.45, 2.75) is 5.16 Å². The highest BCUT2D eigenvalue weighted by Gasteiger charge is 2.07. The third-order valence-corrected chi connectivity index (χ3v) is 2.97. The van der Waals surface area contributed by atoms with E-state index in [1.54, 1.807) is 24.3 Å². The Hall–Kier alpha value is -1.59. The lowest BCUT2D eigenvalue weighted by Crippen LogP contribution is -2.12. The monoisotopic (exact) mass is 279 g/mol. The van der Waals surface area contributed by atoms with Gasteiger partial charge in [-0.2, -0.15) is 0 Å². The molecule has 6 heteroatoms. The summed E-state index contributed by atoms with van der Waals surface area (Å²) in [5, 5.41) is 3.93. The van der Waals surface area contributed by atoms with Gasteiger partial charge in [-0.15, -0.1) is 0 Å². The molecule has 0 aliphatic carbocycles.